The molecule has 8 heteroatoms. The number of hydrogen-bond donors (Lipinski definition) is 1. The topological polar surface area (TPSA) is 60.9 Å². The van der Waals surface area contributed by atoms with Crippen LogP contribution in [0.15, 0.2) is 24.3 Å². The van der Waals surface area contributed by atoms with Crippen LogP contribution in [0.3, 0.4) is 0 Å². The zero-order valence-electron chi connectivity index (χ0n) is 14.4. The van der Waals surface area contributed by atoms with E-state index in [9.17, 15) is 27.9 Å². The number of aliphatic carboxylic acids is 1. The zero-order chi connectivity index (χ0) is 19.1. The number of carboxylic acid groups (broad SMARTS) is 1. The molecule has 0 saturated carbocycles. The number of carbonyl (C=O) groups excluding carboxylic acids is 1. The number of halogens is 3. The van der Waals surface area contributed by atoms with Crippen LogP contribution in [0.25, 0.3) is 0 Å². The van der Waals surface area contributed by atoms with Gasteiger partial charge in [0.1, 0.15) is 0 Å². The predicted molar refractivity (Wildman–Crippen MR) is 88.7 cm³/mol. The number of nitrogens with zero attached hydrogens (tertiary/aromatic N) is 2. The highest BCUT2D eigenvalue weighted by Crippen LogP contribution is 2.38. The molecule has 142 valence electrons. The number of carbonyl (C=O) groups is 2. The van der Waals surface area contributed by atoms with E-state index in [1.54, 1.807) is 0 Å². The summed E-state index contributed by atoms with van der Waals surface area (Å²) in [4.78, 5) is 27.2. The van der Waals surface area contributed by atoms with Crippen molar-refractivity contribution < 1.29 is 27.9 Å². The van der Waals surface area contributed by atoms with Crippen molar-refractivity contribution in [3.8, 4) is 0 Å². The SMILES string of the molecule is CC1CC(C(=O)O)CN(C2CCN(c3ccccc3C(F)(F)F)C2=O)C1. The molecule has 2 aliphatic rings. The van der Waals surface area contributed by atoms with E-state index in [1.807, 2.05) is 11.8 Å². The monoisotopic (exact) mass is 370 g/mol. The van der Waals surface area contributed by atoms with Crippen molar-refractivity contribution in [2.75, 3.05) is 24.5 Å². The smallest absolute Gasteiger partial charge is 0.418 e. The number of hydrogen-bond acceptors (Lipinski definition) is 3. The van der Waals surface area contributed by atoms with Gasteiger partial charge in [-0.3, -0.25) is 14.5 Å². The van der Waals surface area contributed by atoms with Crippen LogP contribution in [0.5, 0.6) is 0 Å². The van der Waals surface area contributed by atoms with Gasteiger partial charge in [0.05, 0.1) is 23.2 Å². The maximum atomic E-state index is 13.3. The Balaban J connectivity index is 1.82. The summed E-state index contributed by atoms with van der Waals surface area (Å²) in [5.41, 5.74) is -0.961. The van der Waals surface area contributed by atoms with E-state index in [-0.39, 0.29) is 30.6 Å². The Morgan fingerprint density at radius 3 is 2.58 bits per heavy atom. The van der Waals surface area contributed by atoms with Crippen molar-refractivity contribution in [3.05, 3.63) is 29.8 Å². The van der Waals surface area contributed by atoms with Gasteiger partial charge in [-0.1, -0.05) is 19.1 Å². The van der Waals surface area contributed by atoms with E-state index < -0.39 is 29.7 Å². The minimum atomic E-state index is -4.54. The number of para-hydroxylation sites is 1. The molecule has 1 amide bonds. The summed E-state index contributed by atoms with van der Waals surface area (Å²) >= 11 is 0. The van der Waals surface area contributed by atoms with Gasteiger partial charge in [0.15, 0.2) is 0 Å². The Bertz CT molecular complexity index is 707. The van der Waals surface area contributed by atoms with Gasteiger partial charge in [-0.05, 0) is 30.9 Å². The second-order valence-electron chi connectivity index (χ2n) is 7.14. The lowest BCUT2D eigenvalue weighted by molar-refractivity contribution is -0.145. The highest BCUT2D eigenvalue weighted by Gasteiger charge is 2.43. The number of benzene rings is 1. The maximum absolute atomic E-state index is 13.3. The molecular formula is C18H21F3N2O3. The molecule has 0 aromatic heterocycles. The number of alkyl halides is 3. The van der Waals surface area contributed by atoms with E-state index in [2.05, 4.69) is 0 Å². The second-order valence-corrected chi connectivity index (χ2v) is 7.14. The molecule has 0 bridgehead atoms. The van der Waals surface area contributed by atoms with Crippen LogP contribution in [0, 0.1) is 11.8 Å². The van der Waals surface area contributed by atoms with Gasteiger partial charge in [0.25, 0.3) is 0 Å². The number of likely N-dealkylation sites (tertiary alicyclic amines) is 1. The molecule has 1 N–H and O–H groups in total. The van der Waals surface area contributed by atoms with Crippen molar-refractivity contribution >= 4 is 17.6 Å². The normalized spacial score (nSPS) is 27.8. The van der Waals surface area contributed by atoms with Crippen molar-refractivity contribution in [3.63, 3.8) is 0 Å². The average molecular weight is 370 g/mol. The molecule has 3 unspecified atom stereocenters. The summed E-state index contributed by atoms with van der Waals surface area (Å²) in [6.45, 7) is 2.96. The van der Waals surface area contributed by atoms with Crippen LogP contribution >= 0.6 is 0 Å². The van der Waals surface area contributed by atoms with Crippen molar-refractivity contribution in [1.29, 1.82) is 0 Å². The number of anilines is 1. The fraction of sp³-hybridized carbons (Fsp3) is 0.556. The highest BCUT2D eigenvalue weighted by molar-refractivity contribution is 6.00. The summed E-state index contributed by atoms with van der Waals surface area (Å²) < 4.78 is 39.8. The lowest BCUT2D eigenvalue weighted by Gasteiger charge is -2.37. The summed E-state index contributed by atoms with van der Waals surface area (Å²) in [5.74, 6) is -1.72. The molecule has 2 fully saturated rings. The largest absolute Gasteiger partial charge is 0.481 e. The highest BCUT2D eigenvalue weighted by atomic mass is 19.4. The van der Waals surface area contributed by atoms with Crippen LogP contribution in [-0.2, 0) is 15.8 Å². The molecule has 3 atom stereocenters. The standard InChI is InChI=1S/C18H21F3N2O3/c1-11-8-12(17(25)26)10-22(9-11)15-6-7-23(16(15)24)14-5-3-2-4-13(14)18(19,20)21/h2-5,11-12,15H,6-10H2,1H3,(H,25,26). The summed E-state index contributed by atoms with van der Waals surface area (Å²) in [6, 6.07) is 4.49. The lowest BCUT2D eigenvalue weighted by Crippen LogP contribution is -2.50. The molecule has 0 aliphatic carbocycles. The quantitative estimate of drug-likeness (QED) is 0.889. The Morgan fingerprint density at radius 2 is 1.92 bits per heavy atom. The Hall–Kier alpha value is -2.09. The number of amides is 1. The average Bonchev–Trinajstić information content (AvgIpc) is 2.95. The lowest BCUT2D eigenvalue weighted by atomic mass is 9.89. The van der Waals surface area contributed by atoms with E-state index in [1.165, 1.54) is 23.1 Å². The van der Waals surface area contributed by atoms with Gasteiger partial charge in [-0.15, -0.1) is 0 Å². The fourth-order valence-electron chi connectivity index (χ4n) is 4.02. The van der Waals surface area contributed by atoms with Crippen molar-refractivity contribution in [2.24, 2.45) is 11.8 Å². The van der Waals surface area contributed by atoms with Crippen LogP contribution in [-0.4, -0.2) is 47.6 Å². The van der Waals surface area contributed by atoms with Crippen molar-refractivity contribution in [1.82, 2.24) is 4.90 Å². The molecule has 3 rings (SSSR count). The molecule has 1 aromatic carbocycles. The number of piperidine rings is 1. The van der Waals surface area contributed by atoms with Crippen LogP contribution in [0.1, 0.15) is 25.3 Å². The first-order chi connectivity index (χ1) is 12.2. The first-order valence-corrected chi connectivity index (χ1v) is 8.63. The molecular weight excluding hydrogens is 349 g/mol. The third-order valence-electron chi connectivity index (χ3n) is 5.16. The third kappa shape index (κ3) is 3.56. The molecule has 26 heavy (non-hydrogen) atoms. The van der Waals surface area contributed by atoms with Crippen LogP contribution in [0.4, 0.5) is 18.9 Å². The number of rotatable bonds is 3. The summed E-state index contributed by atoms with van der Waals surface area (Å²) in [5, 5.41) is 9.29. The van der Waals surface area contributed by atoms with Gasteiger partial charge < -0.3 is 10.0 Å². The Kier molecular flexibility index (Phi) is 4.96. The molecule has 5 nitrogen and oxygen atoms in total. The maximum Gasteiger partial charge on any atom is 0.418 e. The van der Waals surface area contributed by atoms with E-state index >= 15 is 0 Å². The van der Waals surface area contributed by atoms with E-state index in [4.69, 9.17) is 0 Å². The van der Waals surface area contributed by atoms with Crippen LogP contribution < -0.4 is 4.90 Å². The Morgan fingerprint density at radius 1 is 1.23 bits per heavy atom. The van der Waals surface area contributed by atoms with E-state index in [0.717, 1.165) is 6.07 Å². The first kappa shape index (κ1) is 18.7. The first-order valence-electron chi connectivity index (χ1n) is 8.63. The minimum absolute atomic E-state index is 0.120. The summed E-state index contributed by atoms with van der Waals surface area (Å²) in [7, 11) is 0. The molecule has 1 aromatic rings. The zero-order valence-corrected chi connectivity index (χ0v) is 14.4. The fourth-order valence-corrected chi connectivity index (χ4v) is 4.02. The van der Waals surface area contributed by atoms with Gasteiger partial charge >= 0.3 is 12.1 Å². The van der Waals surface area contributed by atoms with Gasteiger partial charge in [0, 0.05) is 19.6 Å². The molecule has 0 radical (unpaired) electrons. The van der Waals surface area contributed by atoms with Crippen molar-refractivity contribution in [2.45, 2.75) is 32.0 Å². The van der Waals surface area contributed by atoms with Gasteiger partial charge in [-0.2, -0.15) is 13.2 Å². The third-order valence-corrected chi connectivity index (χ3v) is 5.16. The predicted octanol–water partition coefficient (Wildman–Crippen LogP) is 2.85. The van der Waals surface area contributed by atoms with E-state index in [0.29, 0.717) is 19.4 Å². The summed E-state index contributed by atoms with van der Waals surface area (Å²) in [6.07, 6.45) is -3.60. The minimum Gasteiger partial charge on any atom is -0.481 e. The Labute approximate surface area is 149 Å². The van der Waals surface area contributed by atoms with Gasteiger partial charge in [-0.25, -0.2) is 0 Å². The second kappa shape index (κ2) is 6.90. The van der Waals surface area contributed by atoms with Crippen LogP contribution in [0.2, 0.25) is 0 Å². The molecule has 0 spiro atoms. The molecule has 2 saturated heterocycles. The molecule has 2 aliphatic heterocycles. The van der Waals surface area contributed by atoms with Gasteiger partial charge in [0.2, 0.25) is 5.91 Å². The molecule has 2 heterocycles. The number of carboxylic acids is 1.